The van der Waals surface area contributed by atoms with Gasteiger partial charge in [0, 0.05) is 18.3 Å². The molecule has 138 valence electrons. The number of carbonyl (C=O) groups is 2. The highest BCUT2D eigenvalue weighted by Crippen LogP contribution is 2.38. The van der Waals surface area contributed by atoms with Crippen molar-refractivity contribution < 1.29 is 9.59 Å². The minimum atomic E-state index is -0.496. The molecule has 0 aliphatic carbocycles. The van der Waals surface area contributed by atoms with Crippen LogP contribution in [0.3, 0.4) is 0 Å². The minimum absolute atomic E-state index is 0.0476. The Bertz CT molecular complexity index is 944. The zero-order valence-electron chi connectivity index (χ0n) is 14.8. The summed E-state index contributed by atoms with van der Waals surface area (Å²) in [6, 6.07) is 16.4. The molecule has 6 nitrogen and oxygen atoms in total. The molecule has 0 radical (unpaired) electrons. The number of anilines is 2. The molecule has 3 aromatic rings. The lowest BCUT2D eigenvalue weighted by molar-refractivity contribution is -0.115. The Morgan fingerprint density at radius 3 is 2.52 bits per heavy atom. The Morgan fingerprint density at radius 2 is 1.85 bits per heavy atom. The highest BCUT2D eigenvalue weighted by molar-refractivity contribution is 8.02. The number of nitrogens with zero attached hydrogens (tertiary/aromatic N) is 2. The largest absolute Gasteiger partial charge is 0.363 e. The molecule has 0 fully saturated rings. The van der Waals surface area contributed by atoms with Gasteiger partial charge in [0.1, 0.15) is 5.25 Å². The van der Waals surface area contributed by atoms with Crippen LogP contribution in [0.5, 0.6) is 0 Å². The second kappa shape index (κ2) is 8.79. The Morgan fingerprint density at radius 1 is 1.07 bits per heavy atom. The summed E-state index contributed by atoms with van der Waals surface area (Å²) in [6.07, 6.45) is 0. The van der Waals surface area contributed by atoms with Crippen LogP contribution in [0.25, 0.3) is 0 Å². The first-order valence-electron chi connectivity index (χ1n) is 8.21. The van der Waals surface area contributed by atoms with Gasteiger partial charge in [-0.1, -0.05) is 65.6 Å². The van der Waals surface area contributed by atoms with Crippen molar-refractivity contribution in [2.24, 2.45) is 0 Å². The number of ketones is 1. The van der Waals surface area contributed by atoms with Crippen LogP contribution in [0.2, 0.25) is 0 Å². The summed E-state index contributed by atoms with van der Waals surface area (Å²) >= 11 is 2.73. The first-order valence-corrected chi connectivity index (χ1v) is 9.91. The molecular weight excluding hydrogens is 380 g/mol. The van der Waals surface area contributed by atoms with E-state index in [1.54, 1.807) is 31.3 Å². The van der Waals surface area contributed by atoms with Gasteiger partial charge in [0.2, 0.25) is 11.0 Å². The van der Waals surface area contributed by atoms with E-state index in [1.807, 2.05) is 30.3 Å². The van der Waals surface area contributed by atoms with E-state index >= 15 is 0 Å². The molecule has 1 amide bonds. The first-order chi connectivity index (χ1) is 13.1. The summed E-state index contributed by atoms with van der Waals surface area (Å²) in [6.45, 7) is 1.50. The average Bonchev–Trinajstić information content (AvgIpc) is 3.14. The number of thioether (sulfide) groups is 1. The predicted octanol–water partition coefficient (Wildman–Crippen LogP) is 4.25. The average molecular weight is 399 g/mol. The van der Waals surface area contributed by atoms with Crippen LogP contribution < -0.4 is 10.6 Å². The minimum Gasteiger partial charge on any atom is -0.363 e. The van der Waals surface area contributed by atoms with Crippen LogP contribution >= 0.6 is 23.1 Å². The molecule has 0 aliphatic rings. The summed E-state index contributed by atoms with van der Waals surface area (Å²) in [7, 11) is 1.78. The van der Waals surface area contributed by atoms with E-state index in [0.29, 0.717) is 20.7 Å². The number of carbonyl (C=O) groups excluding carboxylic acids is 2. The van der Waals surface area contributed by atoms with E-state index in [-0.39, 0.29) is 11.7 Å². The number of hydrogen-bond acceptors (Lipinski definition) is 7. The molecule has 1 atom stereocenters. The summed E-state index contributed by atoms with van der Waals surface area (Å²) in [5, 5.41) is 14.2. The maximum atomic E-state index is 13.0. The molecule has 1 heterocycles. The molecule has 0 saturated heterocycles. The van der Waals surface area contributed by atoms with Gasteiger partial charge in [-0.25, -0.2) is 0 Å². The van der Waals surface area contributed by atoms with Gasteiger partial charge < -0.3 is 10.6 Å². The van der Waals surface area contributed by atoms with Gasteiger partial charge in [0.25, 0.3) is 0 Å². The van der Waals surface area contributed by atoms with Crippen LogP contribution in [0.4, 0.5) is 10.8 Å². The summed E-state index contributed by atoms with van der Waals surface area (Å²) in [4.78, 5) is 24.6. The fourth-order valence-corrected chi connectivity index (χ4v) is 4.28. The lowest BCUT2D eigenvalue weighted by Gasteiger charge is -2.16. The Balaban J connectivity index is 1.84. The second-order valence-corrected chi connectivity index (χ2v) is 7.99. The molecule has 0 spiro atoms. The smallest absolute Gasteiger partial charge is 0.242 e. The van der Waals surface area contributed by atoms with Gasteiger partial charge in [-0.3, -0.25) is 9.59 Å². The van der Waals surface area contributed by atoms with E-state index in [2.05, 4.69) is 20.8 Å². The molecule has 1 aromatic heterocycles. The lowest BCUT2D eigenvalue weighted by Crippen LogP contribution is -2.19. The van der Waals surface area contributed by atoms with E-state index < -0.39 is 5.25 Å². The summed E-state index contributed by atoms with van der Waals surface area (Å²) in [5.74, 6) is -0.235. The number of amides is 1. The van der Waals surface area contributed by atoms with Crippen molar-refractivity contribution in [3.05, 3.63) is 65.7 Å². The summed E-state index contributed by atoms with van der Waals surface area (Å²) in [5.41, 5.74) is 2.01. The Labute approximate surface area is 165 Å². The third-order valence-corrected chi connectivity index (χ3v) is 6.00. The van der Waals surface area contributed by atoms with Crippen molar-refractivity contribution in [1.82, 2.24) is 10.2 Å². The van der Waals surface area contributed by atoms with Gasteiger partial charge in [-0.15, -0.1) is 10.2 Å². The maximum absolute atomic E-state index is 13.0. The van der Waals surface area contributed by atoms with Gasteiger partial charge in [-0.05, 0) is 24.6 Å². The van der Waals surface area contributed by atoms with Gasteiger partial charge in [-0.2, -0.15) is 0 Å². The van der Waals surface area contributed by atoms with E-state index in [9.17, 15) is 9.59 Å². The SMILES string of the molecule is CNc1nnc(S[C@H](C(=O)Nc2cccc(C(C)=O)c2)c2ccccc2)s1. The molecular formula is C19H18N4O2S2. The van der Waals surface area contributed by atoms with Crippen molar-refractivity contribution in [3.8, 4) is 0 Å². The molecule has 2 N–H and O–H groups in total. The molecule has 0 unspecified atom stereocenters. The van der Waals surface area contributed by atoms with Crippen molar-refractivity contribution in [1.29, 1.82) is 0 Å². The first kappa shape index (κ1) is 19.1. The third-order valence-electron chi connectivity index (χ3n) is 3.72. The van der Waals surface area contributed by atoms with Crippen LogP contribution in [0.15, 0.2) is 58.9 Å². The van der Waals surface area contributed by atoms with Crippen LogP contribution in [-0.4, -0.2) is 28.9 Å². The predicted molar refractivity (Wildman–Crippen MR) is 110 cm³/mol. The molecule has 27 heavy (non-hydrogen) atoms. The number of nitrogens with one attached hydrogen (secondary N) is 2. The third kappa shape index (κ3) is 4.93. The van der Waals surface area contributed by atoms with Crippen LogP contribution in [0, 0.1) is 0 Å². The number of hydrogen-bond donors (Lipinski definition) is 2. The highest BCUT2D eigenvalue weighted by atomic mass is 32.2. The van der Waals surface area contributed by atoms with E-state index in [4.69, 9.17) is 0 Å². The normalized spacial score (nSPS) is 11.6. The van der Waals surface area contributed by atoms with Crippen molar-refractivity contribution in [2.45, 2.75) is 16.5 Å². The number of Topliss-reactive ketones (excluding diaryl/α,β-unsaturated/α-hetero) is 1. The van der Waals surface area contributed by atoms with Gasteiger partial charge in [0.05, 0.1) is 0 Å². The Hall–Kier alpha value is -2.71. The fourth-order valence-electron chi connectivity index (χ4n) is 2.38. The molecule has 8 heteroatoms. The molecule has 0 saturated carbocycles. The Kier molecular flexibility index (Phi) is 6.20. The fraction of sp³-hybridized carbons (Fsp3) is 0.158. The lowest BCUT2D eigenvalue weighted by atomic mass is 10.1. The van der Waals surface area contributed by atoms with Crippen LogP contribution in [0.1, 0.15) is 28.1 Å². The molecule has 0 aliphatic heterocycles. The quantitative estimate of drug-likeness (QED) is 0.457. The van der Waals surface area contributed by atoms with E-state index in [0.717, 1.165) is 5.56 Å². The molecule has 0 bridgehead atoms. The maximum Gasteiger partial charge on any atom is 0.242 e. The highest BCUT2D eigenvalue weighted by Gasteiger charge is 2.24. The zero-order valence-corrected chi connectivity index (χ0v) is 16.4. The monoisotopic (exact) mass is 398 g/mol. The molecule has 3 rings (SSSR count). The summed E-state index contributed by atoms with van der Waals surface area (Å²) < 4.78 is 0.695. The van der Waals surface area contributed by atoms with Crippen molar-refractivity contribution in [3.63, 3.8) is 0 Å². The number of aromatic nitrogens is 2. The van der Waals surface area contributed by atoms with Crippen molar-refractivity contribution >= 4 is 45.6 Å². The zero-order chi connectivity index (χ0) is 19.2. The standard InChI is InChI=1S/C19H18N4O2S2/c1-12(24)14-9-6-10-15(11-14)21-17(25)16(13-7-4-3-5-8-13)26-19-23-22-18(20-2)27-19/h3-11,16H,1-2H3,(H,20,22)(H,21,25)/t16-/m0/s1. The number of rotatable bonds is 7. The van der Waals surface area contributed by atoms with E-state index in [1.165, 1.54) is 30.0 Å². The number of benzene rings is 2. The van der Waals surface area contributed by atoms with Gasteiger partial charge >= 0.3 is 0 Å². The second-order valence-electron chi connectivity index (χ2n) is 5.66. The van der Waals surface area contributed by atoms with Crippen LogP contribution in [-0.2, 0) is 4.79 Å². The topological polar surface area (TPSA) is 84.0 Å². The molecule has 2 aromatic carbocycles. The van der Waals surface area contributed by atoms with Crippen molar-refractivity contribution in [2.75, 3.05) is 17.7 Å². The van der Waals surface area contributed by atoms with Gasteiger partial charge in [0.15, 0.2) is 10.1 Å².